The second-order valence-electron chi connectivity index (χ2n) is 8.06. The molecule has 1 aromatic carbocycles. The minimum absolute atomic E-state index is 0.0760. The molecule has 0 bridgehead atoms. The molecule has 1 aliphatic carbocycles. The van der Waals surface area contributed by atoms with Crippen LogP contribution >= 0.6 is 0 Å². The number of nitrogens with zero attached hydrogens (tertiary/aromatic N) is 1. The van der Waals surface area contributed by atoms with Gasteiger partial charge in [-0.3, -0.25) is 9.69 Å². The van der Waals surface area contributed by atoms with Crippen LogP contribution in [0.5, 0.6) is 0 Å². The van der Waals surface area contributed by atoms with E-state index in [-0.39, 0.29) is 18.5 Å². The van der Waals surface area contributed by atoms with E-state index in [1.807, 2.05) is 26.0 Å². The predicted octanol–water partition coefficient (Wildman–Crippen LogP) is 3.41. The van der Waals surface area contributed by atoms with E-state index in [1.54, 1.807) is 0 Å². The molecule has 2 aromatic rings. The summed E-state index contributed by atoms with van der Waals surface area (Å²) in [5.41, 5.74) is 1.82. The molecule has 1 N–H and O–H groups in total. The molecule has 1 saturated heterocycles. The first kappa shape index (κ1) is 17.8. The zero-order chi connectivity index (χ0) is 19.3. The molecule has 2 aliphatic rings. The van der Waals surface area contributed by atoms with E-state index in [9.17, 15) is 14.4 Å². The molecule has 4 rings (SSSR count). The number of rotatable bonds is 2. The highest BCUT2D eigenvalue weighted by molar-refractivity contribution is 6.07. The number of hydrogen-bond donors (Lipinski definition) is 1. The molecule has 6 nitrogen and oxygen atoms in total. The molecule has 142 valence electrons. The van der Waals surface area contributed by atoms with E-state index in [0.29, 0.717) is 29.9 Å². The van der Waals surface area contributed by atoms with E-state index in [4.69, 9.17) is 4.42 Å². The van der Waals surface area contributed by atoms with Crippen LogP contribution in [0.3, 0.4) is 0 Å². The quantitative estimate of drug-likeness (QED) is 0.651. The maximum atomic E-state index is 13.1. The fourth-order valence-corrected chi connectivity index (χ4v) is 4.24. The van der Waals surface area contributed by atoms with Gasteiger partial charge in [-0.15, -0.1) is 0 Å². The number of benzene rings is 1. The summed E-state index contributed by atoms with van der Waals surface area (Å²) in [4.78, 5) is 39.0. The van der Waals surface area contributed by atoms with Crippen LogP contribution in [0.25, 0.3) is 11.0 Å². The average Bonchev–Trinajstić information content (AvgIpc) is 2.85. The Morgan fingerprint density at radius 2 is 1.89 bits per heavy atom. The summed E-state index contributed by atoms with van der Waals surface area (Å²) in [6.45, 7) is 6.10. The van der Waals surface area contributed by atoms with Crippen LogP contribution in [0.15, 0.2) is 27.4 Å². The van der Waals surface area contributed by atoms with Gasteiger partial charge in [0.1, 0.15) is 11.1 Å². The number of aryl methyl sites for hydroxylation is 2. The first-order valence-electron chi connectivity index (χ1n) is 9.48. The maximum Gasteiger partial charge on any atom is 0.336 e. The number of carbonyl (C=O) groups is 2. The standard InChI is InChI=1S/C21H24N2O4/c1-12-6-8-21(9-7-12)19(25)23(20(26)22-21)11-15-10-17(24)27-18-14(3)13(2)4-5-16(15)18/h4-5,10,12H,6-9,11H2,1-3H3,(H,22,26). The monoisotopic (exact) mass is 368 g/mol. The molecule has 2 heterocycles. The largest absolute Gasteiger partial charge is 0.422 e. The first-order chi connectivity index (χ1) is 12.8. The molecule has 1 spiro atoms. The molecule has 2 fully saturated rings. The van der Waals surface area contributed by atoms with Gasteiger partial charge < -0.3 is 9.73 Å². The van der Waals surface area contributed by atoms with Crippen LogP contribution in [-0.2, 0) is 11.3 Å². The number of urea groups is 1. The summed E-state index contributed by atoms with van der Waals surface area (Å²) in [7, 11) is 0. The third kappa shape index (κ3) is 2.83. The lowest BCUT2D eigenvalue weighted by atomic mass is 9.77. The van der Waals surface area contributed by atoms with Crippen molar-refractivity contribution in [3.05, 3.63) is 45.3 Å². The molecule has 0 radical (unpaired) electrons. The van der Waals surface area contributed by atoms with Crippen molar-refractivity contribution < 1.29 is 14.0 Å². The molecular formula is C21H24N2O4. The molecule has 3 amide bonds. The fourth-order valence-electron chi connectivity index (χ4n) is 4.24. The van der Waals surface area contributed by atoms with Gasteiger partial charge in [0.15, 0.2) is 0 Å². The lowest BCUT2D eigenvalue weighted by molar-refractivity contribution is -0.133. The van der Waals surface area contributed by atoms with Crippen molar-refractivity contribution in [2.45, 2.75) is 58.5 Å². The maximum absolute atomic E-state index is 13.1. The summed E-state index contributed by atoms with van der Waals surface area (Å²) in [5.74, 6) is 0.396. The van der Waals surface area contributed by atoms with E-state index >= 15 is 0 Å². The summed E-state index contributed by atoms with van der Waals surface area (Å²) in [6.07, 6.45) is 3.20. The normalized spacial score (nSPS) is 25.4. The summed E-state index contributed by atoms with van der Waals surface area (Å²) in [6, 6.07) is 4.84. The Bertz CT molecular complexity index is 999. The van der Waals surface area contributed by atoms with Gasteiger partial charge in [-0.25, -0.2) is 9.59 Å². The number of hydrogen-bond acceptors (Lipinski definition) is 4. The van der Waals surface area contributed by atoms with Gasteiger partial charge in [-0.2, -0.15) is 0 Å². The van der Waals surface area contributed by atoms with E-state index in [0.717, 1.165) is 29.4 Å². The molecule has 0 unspecified atom stereocenters. The lowest BCUT2D eigenvalue weighted by Gasteiger charge is -2.33. The molecule has 1 aromatic heterocycles. The minimum atomic E-state index is -0.772. The van der Waals surface area contributed by atoms with E-state index in [1.165, 1.54) is 11.0 Å². The Morgan fingerprint density at radius 3 is 2.59 bits per heavy atom. The zero-order valence-electron chi connectivity index (χ0n) is 15.9. The SMILES string of the molecule is Cc1ccc2c(CN3C(=O)NC4(CCC(C)CC4)C3=O)cc(=O)oc2c1C. The van der Waals surface area contributed by atoms with Crippen molar-refractivity contribution in [3.8, 4) is 0 Å². The Labute approximate surface area is 157 Å². The van der Waals surface area contributed by atoms with Crippen molar-refractivity contribution >= 4 is 22.9 Å². The number of carbonyl (C=O) groups excluding carboxylic acids is 2. The highest BCUT2D eigenvalue weighted by atomic mass is 16.4. The number of nitrogens with one attached hydrogen (secondary N) is 1. The van der Waals surface area contributed by atoms with Crippen LogP contribution in [0.2, 0.25) is 0 Å². The number of imide groups is 1. The topological polar surface area (TPSA) is 79.6 Å². The third-order valence-electron chi connectivity index (χ3n) is 6.22. The van der Waals surface area contributed by atoms with E-state index < -0.39 is 11.2 Å². The Balaban J connectivity index is 1.70. The van der Waals surface area contributed by atoms with Crippen LogP contribution in [0.4, 0.5) is 4.79 Å². The molecule has 1 saturated carbocycles. The number of fused-ring (bicyclic) bond motifs is 1. The Kier molecular flexibility index (Phi) is 4.09. The minimum Gasteiger partial charge on any atom is -0.422 e. The van der Waals surface area contributed by atoms with Crippen molar-refractivity contribution in [2.24, 2.45) is 5.92 Å². The van der Waals surface area contributed by atoms with Gasteiger partial charge in [-0.1, -0.05) is 19.1 Å². The van der Waals surface area contributed by atoms with Gasteiger partial charge in [0.25, 0.3) is 5.91 Å². The zero-order valence-corrected chi connectivity index (χ0v) is 15.9. The average molecular weight is 368 g/mol. The summed E-state index contributed by atoms with van der Waals surface area (Å²) < 4.78 is 5.39. The molecule has 6 heteroatoms. The molecule has 1 aliphatic heterocycles. The summed E-state index contributed by atoms with van der Waals surface area (Å²) >= 11 is 0. The predicted molar refractivity (Wildman–Crippen MR) is 101 cm³/mol. The van der Waals surface area contributed by atoms with Gasteiger partial charge in [0, 0.05) is 11.5 Å². The third-order valence-corrected chi connectivity index (χ3v) is 6.22. The first-order valence-corrected chi connectivity index (χ1v) is 9.48. The van der Waals surface area contributed by atoms with Crippen LogP contribution in [-0.4, -0.2) is 22.4 Å². The van der Waals surface area contributed by atoms with Crippen LogP contribution < -0.4 is 10.9 Å². The molecule has 0 atom stereocenters. The smallest absolute Gasteiger partial charge is 0.336 e. The number of amides is 3. The van der Waals surface area contributed by atoms with Crippen molar-refractivity contribution in [2.75, 3.05) is 0 Å². The fraction of sp³-hybridized carbons (Fsp3) is 0.476. The van der Waals surface area contributed by atoms with Crippen molar-refractivity contribution in [1.29, 1.82) is 0 Å². The van der Waals surface area contributed by atoms with Gasteiger partial charge in [0.05, 0.1) is 6.54 Å². The lowest BCUT2D eigenvalue weighted by Crippen LogP contribution is -2.49. The van der Waals surface area contributed by atoms with Crippen molar-refractivity contribution in [1.82, 2.24) is 10.2 Å². The van der Waals surface area contributed by atoms with Crippen molar-refractivity contribution in [3.63, 3.8) is 0 Å². The molecule has 27 heavy (non-hydrogen) atoms. The van der Waals surface area contributed by atoms with Crippen LogP contribution in [0.1, 0.15) is 49.3 Å². The Hall–Kier alpha value is -2.63. The Morgan fingerprint density at radius 1 is 1.19 bits per heavy atom. The molecular weight excluding hydrogens is 344 g/mol. The van der Waals surface area contributed by atoms with Crippen LogP contribution in [0, 0.1) is 19.8 Å². The van der Waals surface area contributed by atoms with Gasteiger partial charge in [0.2, 0.25) is 0 Å². The second-order valence-corrected chi connectivity index (χ2v) is 8.06. The summed E-state index contributed by atoms with van der Waals surface area (Å²) in [5, 5.41) is 3.69. The van der Waals surface area contributed by atoms with Gasteiger partial charge in [-0.05, 0) is 62.1 Å². The highest BCUT2D eigenvalue weighted by Gasteiger charge is 2.52. The van der Waals surface area contributed by atoms with Gasteiger partial charge >= 0.3 is 11.7 Å². The highest BCUT2D eigenvalue weighted by Crippen LogP contribution is 2.37. The van der Waals surface area contributed by atoms with E-state index in [2.05, 4.69) is 12.2 Å². The second kappa shape index (κ2) is 6.22.